The van der Waals surface area contributed by atoms with Crippen molar-refractivity contribution < 1.29 is 23.5 Å². The van der Waals surface area contributed by atoms with Gasteiger partial charge in [0.25, 0.3) is 11.5 Å². The van der Waals surface area contributed by atoms with Gasteiger partial charge in [0.15, 0.2) is 0 Å². The van der Waals surface area contributed by atoms with Crippen LogP contribution in [0.25, 0.3) is 4.83 Å². The molecule has 0 aliphatic carbocycles. The number of thiazole rings is 1. The number of pyridine rings is 1. The number of hydroxylamine groups is 1. The van der Waals surface area contributed by atoms with Gasteiger partial charge in [-0.05, 0) is 24.6 Å². The molecule has 3 aromatic rings. The lowest BCUT2D eigenvalue weighted by atomic mass is 10.1. The van der Waals surface area contributed by atoms with Crippen LogP contribution < -0.4 is 16.4 Å². The van der Waals surface area contributed by atoms with E-state index in [1.54, 1.807) is 13.0 Å². The summed E-state index contributed by atoms with van der Waals surface area (Å²) >= 11 is 1.03. The van der Waals surface area contributed by atoms with Gasteiger partial charge in [0.1, 0.15) is 16.2 Å². The number of carbonyl (C=O) groups is 1. The fourth-order valence-corrected chi connectivity index (χ4v) is 3.33. The molecule has 0 aliphatic heterocycles. The van der Waals surface area contributed by atoms with E-state index in [0.717, 1.165) is 15.7 Å². The van der Waals surface area contributed by atoms with Gasteiger partial charge in [0.05, 0.1) is 24.6 Å². The normalized spacial score (nSPS) is 11.0. The summed E-state index contributed by atoms with van der Waals surface area (Å²) in [6.07, 6.45) is 1.33. The Balaban J connectivity index is 2.14. The number of benzene rings is 1. The molecule has 0 fully saturated rings. The van der Waals surface area contributed by atoms with Crippen molar-refractivity contribution >= 4 is 33.4 Å². The Kier molecular flexibility index (Phi) is 5.49. The summed E-state index contributed by atoms with van der Waals surface area (Å²) in [5, 5.41) is 12.8. The SMILES string of the molecule is Cc1ccc(Nc2c(F)c(=O)n3ccsc3c2C(=O)NOCCO)c(F)c1. The number of fused-ring (bicyclic) bond motifs is 1. The van der Waals surface area contributed by atoms with Crippen molar-refractivity contribution in [3.63, 3.8) is 0 Å². The smallest absolute Gasteiger partial charge is 0.293 e. The molecule has 0 atom stereocenters. The van der Waals surface area contributed by atoms with Crippen molar-refractivity contribution in [3.05, 3.63) is 62.9 Å². The number of hydrogen-bond acceptors (Lipinski definition) is 6. The number of halogens is 2. The van der Waals surface area contributed by atoms with Crippen LogP contribution in [0.2, 0.25) is 0 Å². The number of aromatic nitrogens is 1. The van der Waals surface area contributed by atoms with Gasteiger partial charge in [-0.15, -0.1) is 11.3 Å². The van der Waals surface area contributed by atoms with Crippen LogP contribution in [0.5, 0.6) is 0 Å². The van der Waals surface area contributed by atoms with Crippen LogP contribution in [0.1, 0.15) is 15.9 Å². The first-order valence-electron chi connectivity index (χ1n) is 7.81. The summed E-state index contributed by atoms with van der Waals surface area (Å²) in [7, 11) is 0. The minimum atomic E-state index is -1.24. The largest absolute Gasteiger partial charge is 0.394 e. The molecule has 0 saturated carbocycles. The second-order valence-electron chi connectivity index (χ2n) is 5.56. The first-order valence-corrected chi connectivity index (χ1v) is 8.69. The molecule has 10 heteroatoms. The highest BCUT2D eigenvalue weighted by atomic mass is 32.1. The van der Waals surface area contributed by atoms with Crippen molar-refractivity contribution in [2.24, 2.45) is 0 Å². The van der Waals surface area contributed by atoms with E-state index in [0.29, 0.717) is 5.56 Å². The molecule has 0 spiro atoms. The zero-order valence-corrected chi connectivity index (χ0v) is 14.9. The molecule has 3 rings (SSSR count). The predicted octanol–water partition coefficient (Wildman–Crippen LogP) is 2.34. The zero-order valence-electron chi connectivity index (χ0n) is 14.1. The lowest BCUT2D eigenvalue weighted by Gasteiger charge is -2.15. The topological polar surface area (TPSA) is 92.1 Å². The molecular formula is C17H15F2N3O4S. The molecule has 1 amide bonds. The Hall–Kier alpha value is -2.82. The minimum Gasteiger partial charge on any atom is -0.394 e. The van der Waals surface area contributed by atoms with Gasteiger partial charge in [0, 0.05) is 11.6 Å². The van der Waals surface area contributed by atoms with Gasteiger partial charge >= 0.3 is 0 Å². The molecule has 0 bridgehead atoms. The summed E-state index contributed by atoms with van der Waals surface area (Å²) in [6.45, 7) is 1.18. The number of aliphatic hydroxyl groups excluding tert-OH is 1. The number of aryl methyl sites for hydroxylation is 1. The highest BCUT2D eigenvalue weighted by molar-refractivity contribution is 7.16. The Bertz CT molecular complexity index is 1060. The second-order valence-corrected chi connectivity index (χ2v) is 6.45. The van der Waals surface area contributed by atoms with Crippen molar-refractivity contribution in [2.75, 3.05) is 18.5 Å². The second kappa shape index (κ2) is 7.82. The third-order valence-electron chi connectivity index (χ3n) is 3.67. The monoisotopic (exact) mass is 395 g/mol. The Morgan fingerprint density at radius 3 is 2.85 bits per heavy atom. The fraction of sp³-hybridized carbons (Fsp3) is 0.176. The Labute approximate surface area is 155 Å². The molecule has 3 N–H and O–H groups in total. The summed E-state index contributed by atoms with van der Waals surface area (Å²) in [6, 6.07) is 4.22. The minimum absolute atomic E-state index is 0.0925. The lowest BCUT2D eigenvalue weighted by molar-refractivity contribution is 0.0170. The van der Waals surface area contributed by atoms with Gasteiger partial charge in [-0.2, -0.15) is 4.39 Å². The van der Waals surface area contributed by atoms with E-state index in [1.807, 2.05) is 0 Å². The molecule has 0 aliphatic rings. The van der Waals surface area contributed by atoms with Crippen LogP contribution in [-0.2, 0) is 4.84 Å². The summed E-state index contributed by atoms with van der Waals surface area (Å²) < 4.78 is 29.9. The maximum absolute atomic E-state index is 14.7. The molecule has 2 heterocycles. The van der Waals surface area contributed by atoms with Crippen molar-refractivity contribution in [1.82, 2.24) is 9.88 Å². The number of carbonyl (C=O) groups excluding carboxylic acids is 1. The number of rotatable bonds is 6. The molecule has 27 heavy (non-hydrogen) atoms. The van der Waals surface area contributed by atoms with E-state index >= 15 is 0 Å². The molecule has 1 aromatic carbocycles. The Morgan fingerprint density at radius 1 is 1.37 bits per heavy atom. The summed E-state index contributed by atoms with van der Waals surface area (Å²) in [5.41, 5.74) is 0.971. The molecule has 7 nitrogen and oxygen atoms in total. The highest BCUT2D eigenvalue weighted by Crippen LogP contribution is 2.29. The number of nitrogens with zero attached hydrogens (tertiary/aromatic N) is 1. The van der Waals surface area contributed by atoms with Crippen molar-refractivity contribution in [3.8, 4) is 0 Å². The maximum atomic E-state index is 14.7. The maximum Gasteiger partial charge on any atom is 0.293 e. The van der Waals surface area contributed by atoms with E-state index in [4.69, 9.17) is 9.94 Å². The fourth-order valence-electron chi connectivity index (χ4n) is 2.45. The van der Waals surface area contributed by atoms with E-state index < -0.39 is 28.8 Å². The van der Waals surface area contributed by atoms with E-state index in [2.05, 4.69) is 10.8 Å². The zero-order chi connectivity index (χ0) is 19.6. The van der Waals surface area contributed by atoms with Gasteiger partial charge in [0.2, 0.25) is 5.82 Å². The first-order chi connectivity index (χ1) is 12.9. The summed E-state index contributed by atoms with van der Waals surface area (Å²) in [4.78, 5) is 29.7. The van der Waals surface area contributed by atoms with Crippen LogP contribution in [-0.4, -0.2) is 28.6 Å². The van der Waals surface area contributed by atoms with Crippen LogP contribution in [0.3, 0.4) is 0 Å². The lowest BCUT2D eigenvalue weighted by Crippen LogP contribution is -2.29. The average Bonchev–Trinajstić information content (AvgIpc) is 3.11. The molecule has 142 valence electrons. The number of aliphatic hydroxyl groups is 1. The van der Waals surface area contributed by atoms with E-state index in [9.17, 15) is 18.4 Å². The molecular weight excluding hydrogens is 380 g/mol. The van der Waals surface area contributed by atoms with Crippen LogP contribution in [0.15, 0.2) is 34.6 Å². The van der Waals surface area contributed by atoms with Crippen LogP contribution in [0, 0.1) is 18.6 Å². The molecule has 0 unspecified atom stereocenters. The Morgan fingerprint density at radius 2 is 2.15 bits per heavy atom. The number of anilines is 2. The summed E-state index contributed by atoms with van der Waals surface area (Å²) in [5.74, 6) is -2.75. The highest BCUT2D eigenvalue weighted by Gasteiger charge is 2.25. The standard InChI is InChI=1S/C17H15F2N3O4S/c1-9-2-3-11(10(18)8-9)20-14-12(15(24)21-26-6-5-23)17-22(4-7-27-17)16(25)13(14)19/h2-4,7-8,20,23H,5-6H2,1H3,(H,21,24). The van der Waals surface area contributed by atoms with E-state index in [-0.39, 0.29) is 29.3 Å². The quantitative estimate of drug-likeness (QED) is 0.440. The van der Waals surface area contributed by atoms with Crippen LogP contribution >= 0.6 is 11.3 Å². The van der Waals surface area contributed by atoms with Gasteiger partial charge in [-0.1, -0.05) is 6.07 Å². The van der Waals surface area contributed by atoms with Crippen molar-refractivity contribution in [1.29, 1.82) is 0 Å². The molecule has 2 aromatic heterocycles. The third kappa shape index (κ3) is 3.68. The van der Waals surface area contributed by atoms with Gasteiger partial charge in [-0.3, -0.25) is 18.8 Å². The molecule has 0 saturated heterocycles. The van der Waals surface area contributed by atoms with Crippen LogP contribution in [0.4, 0.5) is 20.2 Å². The predicted molar refractivity (Wildman–Crippen MR) is 96.4 cm³/mol. The molecule has 0 radical (unpaired) electrons. The average molecular weight is 395 g/mol. The van der Waals surface area contributed by atoms with E-state index in [1.165, 1.54) is 23.7 Å². The van der Waals surface area contributed by atoms with Crippen molar-refractivity contribution in [2.45, 2.75) is 6.92 Å². The first kappa shape index (κ1) is 19.0. The van der Waals surface area contributed by atoms with Gasteiger partial charge in [-0.25, -0.2) is 9.87 Å². The number of hydrogen-bond donors (Lipinski definition) is 3. The van der Waals surface area contributed by atoms with Gasteiger partial charge < -0.3 is 10.4 Å². The number of amides is 1. The third-order valence-corrected chi connectivity index (χ3v) is 4.55. The number of nitrogens with one attached hydrogen (secondary N) is 2.